The minimum atomic E-state index is -0.866. The molecule has 1 amide bonds. The fourth-order valence-electron chi connectivity index (χ4n) is 2.61. The summed E-state index contributed by atoms with van der Waals surface area (Å²) in [5.41, 5.74) is 2.91. The summed E-state index contributed by atoms with van der Waals surface area (Å²) >= 11 is 0. The number of benzene rings is 2. The predicted octanol–water partition coefficient (Wildman–Crippen LogP) is 3.49. The standard InChI is InChI=1S/C21H23NO3/c1-22(2)20(23)19(21(24)25-3)15-18(17-12-8-5-9-13-17)14-16-10-6-4-7-11-16/h4-14,19H,15H2,1-3H3/b18-14-. The number of methoxy groups -OCH3 is 1. The van der Waals surface area contributed by atoms with E-state index in [4.69, 9.17) is 4.74 Å². The highest BCUT2D eigenvalue weighted by molar-refractivity contribution is 6.00. The van der Waals surface area contributed by atoms with Gasteiger partial charge in [0, 0.05) is 14.1 Å². The SMILES string of the molecule is COC(=O)C(C/C(=C/c1ccccc1)c1ccccc1)C(=O)N(C)C. The molecule has 0 fully saturated rings. The molecule has 0 saturated carbocycles. The van der Waals surface area contributed by atoms with Gasteiger partial charge in [-0.3, -0.25) is 9.59 Å². The Balaban J connectivity index is 2.42. The normalized spacial score (nSPS) is 12.4. The van der Waals surface area contributed by atoms with Crippen LogP contribution in [0, 0.1) is 5.92 Å². The molecule has 0 bridgehead atoms. The second kappa shape index (κ2) is 8.83. The number of amides is 1. The van der Waals surface area contributed by atoms with Crippen LogP contribution in [0.4, 0.5) is 0 Å². The van der Waals surface area contributed by atoms with Crippen LogP contribution >= 0.6 is 0 Å². The Bertz CT molecular complexity index is 736. The van der Waals surface area contributed by atoms with Gasteiger partial charge >= 0.3 is 5.97 Å². The molecule has 4 heteroatoms. The van der Waals surface area contributed by atoms with E-state index in [-0.39, 0.29) is 12.3 Å². The summed E-state index contributed by atoms with van der Waals surface area (Å²) in [7, 11) is 4.59. The molecule has 4 nitrogen and oxygen atoms in total. The van der Waals surface area contributed by atoms with E-state index in [1.807, 2.05) is 66.7 Å². The first-order valence-electron chi connectivity index (χ1n) is 8.13. The van der Waals surface area contributed by atoms with Crippen molar-refractivity contribution >= 4 is 23.5 Å². The van der Waals surface area contributed by atoms with Crippen LogP contribution in [0.2, 0.25) is 0 Å². The molecule has 0 aliphatic rings. The third kappa shape index (κ3) is 5.05. The number of nitrogens with zero attached hydrogens (tertiary/aromatic N) is 1. The number of hydrogen-bond donors (Lipinski definition) is 0. The van der Waals surface area contributed by atoms with Crippen LogP contribution < -0.4 is 0 Å². The summed E-state index contributed by atoms with van der Waals surface area (Å²) in [6.45, 7) is 0. The molecule has 0 aliphatic heterocycles. The number of allylic oxidation sites excluding steroid dienone is 1. The van der Waals surface area contributed by atoms with E-state index in [0.29, 0.717) is 0 Å². The molecule has 1 atom stereocenters. The number of esters is 1. The van der Waals surface area contributed by atoms with Gasteiger partial charge in [0.1, 0.15) is 5.92 Å². The first-order valence-corrected chi connectivity index (χ1v) is 8.13. The molecule has 130 valence electrons. The maximum Gasteiger partial charge on any atom is 0.318 e. The number of hydrogen-bond acceptors (Lipinski definition) is 3. The van der Waals surface area contributed by atoms with Gasteiger partial charge in [-0.2, -0.15) is 0 Å². The molecule has 2 rings (SSSR count). The molecule has 25 heavy (non-hydrogen) atoms. The van der Waals surface area contributed by atoms with Gasteiger partial charge in [0.15, 0.2) is 0 Å². The topological polar surface area (TPSA) is 46.6 Å². The number of carbonyl (C=O) groups excluding carboxylic acids is 2. The van der Waals surface area contributed by atoms with Crippen LogP contribution in [0.5, 0.6) is 0 Å². The summed E-state index contributed by atoms with van der Waals surface area (Å²) in [5.74, 6) is -1.65. The molecule has 0 N–H and O–H groups in total. The van der Waals surface area contributed by atoms with Crippen molar-refractivity contribution in [2.75, 3.05) is 21.2 Å². The van der Waals surface area contributed by atoms with E-state index < -0.39 is 11.9 Å². The highest BCUT2D eigenvalue weighted by Crippen LogP contribution is 2.27. The van der Waals surface area contributed by atoms with E-state index in [9.17, 15) is 9.59 Å². The van der Waals surface area contributed by atoms with E-state index in [1.54, 1.807) is 14.1 Å². The van der Waals surface area contributed by atoms with Crippen molar-refractivity contribution in [2.24, 2.45) is 5.92 Å². The van der Waals surface area contributed by atoms with E-state index in [0.717, 1.165) is 16.7 Å². The maximum absolute atomic E-state index is 12.5. The third-order valence-corrected chi connectivity index (χ3v) is 3.93. The number of rotatable bonds is 6. The summed E-state index contributed by atoms with van der Waals surface area (Å²) in [6, 6.07) is 19.6. The van der Waals surface area contributed by atoms with E-state index in [2.05, 4.69) is 0 Å². The monoisotopic (exact) mass is 337 g/mol. The highest BCUT2D eigenvalue weighted by atomic mass is 16.5. The first kappa shape index (κ1) is 18.5. The van der Waals surface area contributed by atoms with Crippen LogP contribution in [0.25, 0.3) is 11.6 Å². The van der Waals surface area contributed by atoms with Crippen LogP contribution in [-0.2, 0) is 14.3 Å². The van der Waals surface area contributed by atoms with Crippen molar-refractivity contribution in [3.63, 3.8) is 0 Å². The highest BCUT2D eigenvalue weighted by Gasteiger charge is 2.30. The van der Waals surface area contributed by atoms with Gasteiger partial charge in [0.25, 0.3) is 0 Å². The van der Waals surface area contributed by atoms with Gasteiger partial charge in [0.05, 0.1) is 7.11 Å². The Morgan fingerprint density at radius 1 is 1.00 bits per heavy atom. The Kier molecular flexibility index (Phi) is 6.52. The minimum Gasteiger partial charge on any atom is -0.468 e. The van der Waals surface area contributed by atoms with Gasteiger partial charge in [-0.1, -0.05) is 66.7 Å². The van der Waals surface area contributed by atoms with Crippen LogP contribution in [0.1, 0.15) is 17.5 Å². The van der Waals surface area contributed by atoms with Gasteiger partial charge in [-0.25, -0.2) is 0 Å². The van der Waals surface area contributed by atoms with Gasteiger partial charge in [-0.15, -0.1) is 0 Å². The van der Waals surface area contributed by atoms with Crippen molar-refractivity contribution in [2.45, 2.75) is 6.42 Å². The van der Waals surface area contributed by atoms with Crippen molar-refractivity contribution in [3.05, 3.63) is 71.8 Å². The Hall–Kier alpha value is -2.88. The lowest BCUT2D eigenvalue weighted by Crippen LogP contribution is -2.35. The smallest absolute Gasteiger partial charge is 0.318 e. The molecule has 0 heterocycles. The zero-order chi connectivity index (χ0) is 18.2. The average molecular weight is 337 g/mol. The maximum atomic E-state index is 12.5. The van der Waals surface area contributed by atoms with Crippen LogP contribution in [0.3, 0.4) is 0 Å². The van der Waals surface area contributed by atoms with Crippen LogP contribution in [-0.4, -0.2) is 38.0 Å². The van der Waals surface area contributed by atoms with Gasteiger partial charge in [0.2, 0.25) is 5.91 Å². The molecular formula is C21H23NO3. The summed E-state index contributed by atoms with van der Waals surface area (Å²) in [6.07, 6.45) is 2.29. The lowest BCUT2D eigenvalue weighted by Gasteiger charge is -2.20. The first-order chi connectivity index (χ1) is 12.0. The molecule has 2 aromatic carbocycles. The lowest BCUT2D eigenvalue weighted by molar-refractivity contribution is -0.152. The third-order valence-electron chi connectivity index (χ3n) is 3.93. The van der Waals surface area contributed by atoms with Crippen LogP contribution in [0.15, 0.2) is 60.7 Å². The zero-order valence-electron chi connectivity index (χ0n) is 14.8. The summed E-state index contributed by atoms with van der Waals surface area (Å²) in [5, 5.41) is 0. The summed E-state index contributed by atoms with van der Waals surface area (Å²) < 4.78 is 4.86. The Morgan fingerprint density at radius 3 is 2.08 bits per heavy atom. The van der Waals surface area contributed by atoms with Crippen molar-refractivity contribution in [3.8, 4) is 0 Å². The Morgan fingerprint density at radius 2 is 1.56 bits per heavy atom. The summed E-state index contributed by atoms with van der Waals surface area (Å²) in [4.78, 5) is 26.1. The Labute approximate surface area is 148 Å². The second-order valence-electron chi connectivity index (χ2n) is 5.96. The molecule has 0 saturated heterocycles. The molecule has 0 aliphatic carbocycles. The second-order valence-corrected chi connectivity index (χ2v) is 5.96. The lowest BCUT2D eigenvalue weighted by atomic mass is 9.91. The predicted molar refractivity (Wildman–Crippen MR) is 99.6 cm³/mol. The van der Waals surface area contributed by atoms with Crippen molar-refractivity contribution < 1.29 is 14.3 Å². The largest absolute Gasteiger partial charge is 0.468 e. The zero-order valence-corrected chi connectivity index (χ0v) is 14.8. The van der Waals surface area contributed by atoms with Gasteiger partial charge in [-0.05, 0) is 23.1 Å². The molecule has 0 aromatic heterocycles. The van der Waals surface area contributed by atoms with E-state index >= 15 is 0 Å². The van der Waals surface area contributed by atoms with Crippen molar-refractivity contribution in [1.29, 1.82) is 0 Å². The van der Waals surface area contributed by atoms with Crippen molar-refractivity contribution in [1.82, 2.24) is 4.90 Å². The fourth-order valence-corrected chi connectivity index (χ4v) is 2.61. The molecule has 0 radical (unpaired) electrons. The average Bonchev–Trinajstić information content (AvgIpc) is 2.65. The van der Waals surface area contributed by atoms with E-state index in [1.165, 1.54) is 12.0 Å². The van der Waals surface area contributed by atoms with Gasteiger partial charge < -0.3 is 9.64 Å². The number of carbonyl (C=O) groups is 2. The number of ether oxygens (including phenoxy) is 1. The molecule has 1 unspecified atom stereocenters. The quantitative estimate of drug-likeness (QED) is 0.460. The minimum absolute atomic E-state index is 0.262. The fraction of sp³-hybridized carbons (Fsp3) is 0.238. The molecule has 0 spiro atoms. The molecule has 2 aromatic rings. The molecular weight excluding hydrogens is 314 g/mol.